The van der Waals surface area contributed by atoms with E-state index in [1.807, 2.05) is 31.3 Å². The van der Waals surface area contributed by atoms with E-state index in [0.717, 1.165) is 33.1 Å². The maximum atomic E-state index is 5.35. The van der Waals surface area contributed by atoms with Crippen molar-refractivity contribution < 1.29 is 9.47 Å². The number of aromatic nitrogens is 3. The number of nitrogens with zero attached hydrogens (tertiary/aromatic N) is 3. The fraction of sp³-hybridized carbons (Fsp3) is 0.176. The summed E-state index contributed by atoms with van der Waals surface area (Å²) in [6.45, 7) is 0. The average Bonchev–Trinajstić information content (AvgIpc) is 2.84. The van der Waals surface area contributed by atoms with E-state index in [0.29, 0.717) is 11.5 Å². The number of ether oxygens (including phenoxy) is 2. The van der Waals surface area contributed by atoms with Crippen LogP contribution < -0.4 is 9.47 Å². The number of hydrogen-bond acceptors (Lipinski definition) is 4. The van der Waals surface area contributed by atoms with Gasteiger partial charge < -0.3 is 14.0 Å². The highest BCUT2D eigenvalue weighted by Crippen LogP contribution is 2.33. The Morgan fingerprint density at radius 1 is 0.909 bits per heavy atom. The standard InChI is InChI=1S/C17H15N3O2/c1-20-13-7-5-4-6-10(13)16-17(20)19-12-9-15(22-3)14(21-2)8-11(12)18-16/h4-9H,1-3H3. The first-order valence-electron chi connectivity index (χ1n) is 7.00. The largest absolute Gasteiger partial charge is 0.493 e. The number of para-hydroxylation sites is 1. The summed E-state index contributed by atoms with van der Waals surface area (Å²) in [4.78, 5) is 9.56. The number of aryl methyl sites for hydroxylation is 1. The Kier molecular flexibility index (Phi) is 2.69. The summed E-state index contributed by atoms with van der Waals surface area (Å²) in [7, 11) is 5.24. The molecule has 0 unspecified atom stereocenters. The molecule has 0 N–H and O–H groups in total. The maximum absolute atomic E-state index is 5.35. The molecular weight excluding hydrogens is 278 g/mol. The number of benzene rings is 2. The minimum atomic E-state index is 0.655. The predicted octanol–water partition coefficient (Wildman–Crippen LogP) is 3.29. The van der Waals surface area contributed by atoms with E-state index >= 15 is 0 Å². The van der Waals surface area contributed by atoms with Gasteiger partial charge in [0.25, 0.3) is 0 Å². The van der Waals surface area contributed by atoms with Gasteiger partial charge in [-0.15, -0.1) is 0 Å². The molecule has 110 valence electrons. The molecule has 0 bridgehead atoms. The van der Waals surface area contributed by atoms with Crippen LogP contribution in [0.5, 0.6) is 11.5 Å². The minimum absolute atomic E-state index is 0.655. The summed E-state index contributed by atoms with van der Waals surface area (Å²) in [6, 6.07) is 11.9. The molecule has 0 atom stereocenters. The summed E-state index contributed by atoms with van der Waals surface area (Å²) in [6.07, 6.45) is 0. The van der Waals surface area contributed by atoms with Crippen LogP contribution in [-0.4, -0.2) is 28.8 Å². The Morgan fingerprint density at radius 2 is 1.55 bits per heavy atom. The van der Waals surface area contributed by atoms with Crippen molar-refractivity contribution in [2.24, 2.45) is 7.05 Å². The molecule has 0 aliphatic carbocycles. The Balaban J connectivity index is 2.16. The van der Waals surface area contributed by atoms with E-state index < -0.39 is 0 Å². The van der Waals surface area contributed by atoms with Crippen LogP contribution in [-0.2, 0) is 7.05 Å². The van der Waals surface area contributed by atoms with Crippen molar-refractivity contribution in [3.63, 3.8) is 0 Å². The summed E-state index contributed by atoms with van der Waals surface area (Å²) in [5.74, 6) is 1.31. The van der Waals surface area contributed by atoms with Crippen LogP contribution in [0.2, 0.25) is 0 Å². The van der Waals surface area contributed by atoms with E-state index in [-0.39, 0.29) is 0 Å². The number of fused-ring (bicyclic) bond motifs is 4. The lowest BCUT2D eigenvalue weighted by Crippen LogP contribution is -1.95. The molecule has 2 heterocycles. The molecule has 0 fully saturated rings. The molecule has 2 aromatic carbocycles. The molecule has 2 aromatic heterocycles. The highest BCUT2D eigenvalue weighted by Gasteiger charge is 2.14. The monoisotopic (exact) mass is 293 g/mol. The van der Waals surface area contributed by atoms with Gasteiger partial charge in [0.15, 0.2) is 17.1 Å². The van der Waals surface area contributed by atoms with Gasteiger partial charge in [0.2, 0.25) is 0 Å². The average molecular weight is 293 g/mol. The molecule has 0 saturated carbocycles. The molecule has 22 heavy (non-hydrogen) atoms. The lowest BCUT2D eigenvalue weighted by atomic mass is 10.2. The van der Waals surface area contributed by atoms with Crippen molar-refractivity contribution in [3.8, 4) is 11.5 Å². The Labute approximate surface area is 127 Å². The zero-order valence-corrected chi connectivity index (χ0v) is 12.6. The first-order valence-corrected chi connectivity index (χ1v) is 7.00. The van der Waals surface area contributed by atoms with Crippen molar-refractivity contribution in [3.05, 3.63) is 36.4 Å². The summed E-state index contributed by atoms with van der Waals surface area (Å²) >= 11 is 0. The molecule has 0 aliphatic heterocycles. The second-order valence-corrected chi connectivity index (χ2v) is 5.17. The molecule has 4 aromatic rings. The second kappa shape index (κ2) is 4.59. The van der Waals surface area contributed by atoms with Crippen LogP contribution in [0.3, 0.4) is 0 Å². The normalized spacial score (nSPS) is 11.4. The molecule has 5 nitrogen and oxygen atoms in total. The topological polar surface area (TPSA) is 49.2 Å². The number of rotatable bonds is 2. The highest BCUT2D eigenvalue weighted by molar-refractivity contribution is 6.06. The zero-order valence-electron chi connectivity index (χ0n) is 12.6. The lowest BCUT2D eigenvalue weighted by molar-refractivity contribution is 0.355. The first kappa shape index (κ1) is 12.9. The van der Waals surface area contributed by atoms with Crippen molar-refractivity contribution in [2.45, 2.75) is 0 Å². The molecule has 0 radical (unpaired) electrons. The summed E-state index contributed by atoms with van der Waals surface area (Å²) in [5.41, 5.74) is 4.46. The maximum Gasteiger partial charge on any atom is 0.163 e. The summed E-state index contributed by atoms with van der Waals surface area (Å²) < 4.78 is 12.8. The van der Waals surface area contributed by atoms with Crippen LogP contribution in [0.1, 0.15) is 0 Å². The Morgan fingerprint density at radius 3 is 2.23 bits per heavy atom. The number of hydrogen-bond donors (Lipinski definition) is 0. The van der Waals surface area contributed by atoms with Crippen LogP contribution in [0.4, 0.5) is 0 Å². The van der Waals surface area contributed by atoms with Gasteiger partial charge in [-0.05, 0) is 6.07 Å². The van der Waals surface area contributed by atoms with Gasteiger partial charge in [0.1, 0.15) is 5.52 Å². The molecule has 5 heteroatoms. The molecule has 0 amide bonds. The van der Waals surface area contributed by atoms with Crippen molar-refractivity contribution in [2.75, 3.05) is 14.2 Å². The smallest absolute Gasteiger partial charge is 0.163 e. The van der Waals surface area contributed by atoms with Gasteiger partial charge in [0.05, 0.1) is 30.8 Å². The van der Waals surface area contributed by atoms with E-state index in [1.165, 1.54) is 0 Å². The Bertz CT molecular complexity index is 1020. The van der Waals surface area contributed by atoms with Crippen LogP contribution in [0.15, 0.2) is 36.4 Å². The second-order valence-electron chi connectivity index (χ2n) is 5.17. The van der Waals surface area contributed by atoms with Crippen LogP contribution >= 0.6 is 0 Å². The Hall–Kier alpha value is -2.82. The molecular formula is C17H15N3O2. The van der Waals surface area contributed by atoms with Gasteiger partial charge in [-0.1, -0.05) is 18.2 Å². The van der Waals surface area contributed by atoms with Crippen molar-refractivity contribution in [1.82, 2.24) is 14.5 Å². The summed E-state index contributed by atoms with van der Waals surface area (Å²) in [5, 5.41) is 1.10. The van der Waals surface area contributed by atoms with Crippen LogP contribution in [0, 0.1) is 0 Å². The predicted molar refractivity (Wildman–Crippen MR) is 86.6 cm³/mol. The quantitative estimate of drug-likeness (QED) is 0.569. The van der Waals surface area contributed by atoms with E-state index in [4.69, 9.17) is 19.4 Å². The first-order chi connectivity index (χ1) is 10.7. The zero-order chi connectivity index (χ0) is 15.3. The highest BCUT2D eigenvalue weighted by atomic mass is 16.5. The lowest BCUT2D eigenvalue weighted by Gasteiger charge is -2.08. The van der Waals surface area contributed by atoms with Crippen molar-refractivity contribution >= 4 is 33.1 Å². The third-order valence-electron chi connectivity index (χ3n) is 3.99. The van der Waals surface area contributed by atoms with Crippen molar-refractivity contribution in [1.29, 1.82) is 0 Å². The fourth-order valence-electron chi connectivity index (χ4n) is 2.87. The third-order valence-corrected chi connectivity index (χ3v) is 3.99. The fourth-order valence-corrected chi connectivity index (χ4v) is 2.87. The van der Waals surface area contributed by atoms with Gasteiger partial charge in [-0.25, -0.2) is 9.97 Å². The third kappa shape index (κ3) is 1.65. The van der Waals surface area contributed by atoms with E-state index in [1.54, 1.807) is 14.2 Å². The SMILES string of the molecule is COc1cc2nc3c4ccccc4n(C)c3nc2cc1OC. The molecule has 0 spiro atoms. The van der Waals surface area contributed by atoms with Gasteiger partial charge in [-0.3, -0.25) is 0 Å². The minimum Gasteiger partial charge on any atom is -0.493 e. The molecule has 0 aliphatic rings. The van der Waals surface area contributed by atoms with Gasteiger partial charge in [-0.2, -0.15) is 0 Å². The molecule has 4 rings (SSSR count). The van der Waals surface area contributed by atoms with Crippen LogP contribution in [0.25, 0.3) is 33.1 Å². The number of methoxy groups -OCH3 is 2. The molecule has 0 saturated heterocycles. The van der Waals surface area contributed by atoms with Gasteiger partial charge >= 0.3 is 0 Å². The van der Waals surface area contributed by atoms with E-state index in [9.17, 15) is 0 Å². The van der Waals surface area contributed by atoms with E-state index in [2.05, 4.69) is 16.7 Å². The van der Waals surface area contributed by atoms with Gasteiger partial charge in [0, 0.05) is 24.6 Å².